The third kappa shape index (κ3) is 13.2. The van der Waals surface area contributed by atoms with Crippen molar-refractivity contribution < 1.29 is 9.53 Å². The highest BCUT2D eigenvalue weighted by atomic mass is 16.5. The van der Waals surface area contributed by atoms with E-state index in [-0.39, 0.29) is 5.97 Å². The SMILES string of the molecule is CCCCCCCCCCCCCOC(=O)CCCC1CC1. The van der Waals surface area contributed by atoms with Crippen LogP contribution in [-0.2, 0) is 9.53 Å². The van der Waals surface area contributed by atoms with Gasteiger partial charge in [-0.25, -0.2) is 0 Å². The molecule has 0 aliphatic heterocycles. The highest BCUT2D eigenvalue weighted by Crippen LogP contribution is 2.33. The van der Waals surface area contributed by atoms with Crippen molar-refractivity contribution in [1.82, 2.24) is 0 Å². The molecule has 0 atom stereocenters. The van der Waals surface area contributed by atoms with E-state index in [2.05, 4.69) is 6.92 Å². The normalized spacial score (nSPS) is 14.2. The summed E-state index contributed by atoms with van der Waals surface area (Å²) in [5.41, 5.74) is 0. The zero-order valence-electron chi connectivity index (χ0n) is 14.9. The summed E-state index contributed by atoms with van der Waals surface area (Å²) < 4.78 is 5.29. The minimum atomic E-state index is 0.0210. The molecule has 1 saturated carbocycles. The van der Waals surface area contributed by atoms with Crippen molar-refractivity contribution >= 4 is 5.97 Å². The Kier molecular flexibility index (Phi) is 12.5. The minimum absolute atomic E-state index is 0.0210. The molecule has 1 aliphatic carbocycles. The third-order valence-electron chi connectivity index (χ3n) is 4.70. The molecule has 1 rings (SSSR count). The molecule has 0 heterocycles. The summed E-state index contributed by atoms with van der Waals surface area (Å²) in [6.45, 7) is 2.91. The number of hydrogen-bond donors (Lipinski definition) is 0. The maximum Gasteiger partial charge on any atom is 0.305 e. The van der Waals surface area contributed by atoms with Gasteiger partial charge in [-0.15, -0.1) is 0 Å². The van der Waals surface area contributed by atoms with Crippen LogP contribution in [0.25, 0.3) is 0 Å². The number of rotatable bonds is 16. The van der Waals surface area contributed by atoms with E-state index in [4.69, 9.17) is 4.74 Å². The molecule has 0 aromatic heterocycles. The van der Waals surface area contributed by atoms with Crippen molar-refractivity contribution in [1.29, 1.82) is 0 Å². The molecule has 1 fully saturated rings. The van der Waals surface area contributed by atoms with E-state index in [1.165, 1.54) is 83.5 Å². The summed E-state index contributed by atoms with van der Waals surface area (Å²) in [6.07, 6.45) is 20.3. The number of carbonyl (C=O) groups is 1. The van der Waals surface area contributed by atoms with Crippen LogP contribution in [0.15, 0.2) is 0 Å². The topological polar surface area (TPSA) is 26.3 Å². The van der Waals surface area contributed by atoms with Gasteiger partial charge in [-0.05, 0) is 25.2 Å². The number of esters is 1. The molecule has 130 valence electrons. The van der Waals surface area contributed by atoms with Crippen LogP contribution >= 0.6 is 0 Å². The third-order valence-corrected chi connectivity index (χ3v) is 4.70. The average Bonchev–Trinajstić information content (AvgIpc) is 3.32. The van der Waals surface area contributed by atoms with Gasteiger partial charge in [0.2, 0.25) is 0 Å². The molecule has 0 unspecified atom stereocenters. The molecule has 0 aromatic carbocycles. The Morgan fingerprint density at radius 1 is 0.818 bits per heavy atom. The van der Waals surface area contributed by atoms with Gasteiger partial charge in [0.15, 0.2) is 0 Å². The van der Waals surface area contributed by atoms with Gasteiger partial charge < -0.3 is 4.74 Å². The van der Waals surface area contributed by atoms with Crippen LogP contribution in [0.1, 0.15) is 110 Å². The Balaban J connectivity index is 1.69. The Morgan fingerprint density at radius 3 is 1.91 bits per heavy atom. The molecule has 0 spiro atoms. The fourth-order valence-corrected chi connectivity index (χ4v) is 2.97. The first-order valence-electron chi connectivity index (χ1n) is 9.98. The maximum absolute atomic E-state index is 11.5. The zero-order chi connectivity index (χ0) is 15.9. The van der Waals surface area contributed by atoms with Crippen molar-refractivity contribution in [2.45, 2.75) is 110 Å². The lowest BCUT2D eigenvalue weighted by Gasteiger charge is -2.05. The van der Waals surface area contributed by atoms with Crippen LogP contribution in [0, 0.1) is 5.92 Å². The summed E-state index contributed by atoms with van der Waals surface area (Å²) in [7, 11) is 0. The Hall–Kier alpha value is -0.530. The van der Waals surface area contributed by atoms with Gasteiger partial charge >= 0.3 is 5.97 Å². The molecule has 0 amide bonds. The van der Waals surface area contributed by atoms with Crippen molar-refractivity contribution in [3.8, 4) is 0 Å². The van der Waals surface area contributed by atoms with E-state index in [0.29, 0.717) is 13.0 Å². The standard InChI is InChI=1S/C20H38O2/c1-2-3-4-5-6-7-8-9-10-11-12-18-22-20(21)15-13-14-19-16-17-19/h19H,2-18H2,1H3. The molecular weight excluding hydrogens is 272 g/mol. The predicted molar refractivity (Wildman–Crippen MR) is 94.0 cm³/mol. The number of ether oxygens (including phenoxy) is 1. The molecule has 2 heteroatoms. The van der Waals surface area contributed by atoms with Crippen molar-refractivity contribution in [3.05, 3.63) is 0 Å². The maximum atomic E-state index is 11.5. The Labute approximate surface area is 138 Å². The van der Waals surface area contributed by atoms with Crippen LogP contribution in [0.2, 0.25) is 0 Å². The second kappa shape index (κ2) is 14.1. The van der Waals surface area contributed by atoms with E-state index in [9.17, 15) is 4.79 Å². The van der Waals surface area contributed by atoms with E-state index in [1.54, 1.807) is 0 Å². The molecule has 0 bridgehead atoms. The summed E-state index contributed by atoms with van der Waals surface area (Å²) in [5, 5.41) is 0. The number of hydrogen-bond acceptors (Lipinski definition) is 2. The first-order valence-corrected chi connectivity index (χ1v) is 9.98. The largest absolute Gasteiger partial charge is 0.466 e. The van der Waals surface area contributed by atoms with Crippen LogP contribution in [0.3, 0.4) is 0 Å². The summed E-state index contributed by atoms with van der Waals surface area (Å²) >= 11 is 0. The molecular formula is C20H38O2. The van der Waals surface area contributed by atoms with Gasteiger partial charge in [-0.1, -0.05) is 84.0 Å². The fraction of sp³-hybridized carbons (Fsp3) is 0.950. The molecule has 2 nitrogen and oxygen atoms in total. The number of unbranched alkanes of at least 4 members (excludes halogenated alkanes) is 10. The predicted octanol–water partition coefficient (Wildman–Crippen LogP) is 6.42. The molecule has 0 saturated heterocycles. The van der Waals surface area contributed by atoms with E-state index in [0.717, 1.165) is 18.8 Å². The molecule has 22 heavy (non-hydrogen) atoms. The van der Waals surface area contributed by atoms with Crippen LogP contribution < -0.4 is 0 Å². The summed E-state index contributed by atoms with van der Waals surface area (Å²) in [6, 6.07) is 0. The van der Waals surface area contributed by atoms with Crippen molar-refractivity contribution in [2.75, 3.05) is 6.61 Å². The van der Waals surface area contributed by atoms with Gasteiger partial charge in [-0.3, -0.25) is 4.79 Å². The Bertz CT molecular complexity index is 258. The smallest absolute Gasteiger partial charge is 0.305 e. The van der Waals surface area contributed by atoms with E-state index >= 15 is 0 Å². The van der Waals surface area contributed by atoms with Crippen LogP contribution in [0.4, 0.5) is 0 Å². The molecule has 1 aliphatic rings. The second-order valence-electron chi connectivity index (χ2n) is 7.09. The lowest BCUT2D eigenvalue weighted by Crippen LogP contribution is -2.05. The van der Waals surface area contributed by atoms with Gasteiger partial charge in [-0.2, -0.15) is 0 Å². The lowest BCUT2D eigenvalue weighted by molar-refractivity contribution is -0.143. The average molecular weight is 311 g/mol. The molecule has 0 radical (unpaired) electrons. The summed E-state index contributed by atoms with van der Waals surface area (Å²) in [4.78, 5) is 11.5. The van der Waals surface area contributed by atoms with E-state index < -0.39 is 0 Å². The highest BCUT2D eigenvalue weighted by Gasteiger charge is 2.20. The summed E-state index contributed by atoms with van der Waals surface area (Å²) in [5.74, 6) is 0.951. The van der Waals surface area contributed by atoms with Gasteiger partial charge in [0.25, 0.3) is 0 Å². The second-order valence-corrected chi connectivity index (χ2v) is 7.09. The first-order chi connectivity index (χ1) is 10.8. The van der Waals surface area contributed by atoms with Crippen LogP contribution in [-0.4, -0.2) is 12.6 Å². The van der Waals surface area contributed by atoms with Crippen molar-refractivity contribution in [3.63, 3.8) is 0 Å². The van der Waals surface area contributed by atoms with Gasteiger partial charge in [0.05, 0.1) is 6.61 Å². The monoisotopic (exact) mass is 310 g/mol. The lowest BCUT2D eigenvalue weighted by atomic mass is 10.1. The van der Waals surface area contributed by atoms with E-state index in [1.807, 2.05) is 0 Å². The highest BCUT2D eigenvalue weighted by molar-refractivity contribution is 5.69. The fourth-order valence-electron chi connectivity index (χ4n) is 2.97. The van der Waals surface area contributed by atoms with Crippen LogP contribution in [0.5, 0.6) is 0 Å². The molecule has 0 aromatic rings. The number of carbonyl (C=O) groups excluding carboxylic acids is 1. The first kappa shape index (κ1) is 19.5. The Morgan fingerprint density at radius 2 is 1.36 bits per heavy atom. The van der Waals surface area contributed by atoms with Crippen molar-refractivity contribution in [2.24, 2.45) is 5.92 Å². The minimum Gasteiger partial charge on any atom is -0.466 e. The quantitative estimate of drug-likeness (QED) is 0.243. The van der Waals surface area contributed by atoms with Gasteiger partial charge in [0.1, 0.15) is 0 Å². The zero-order valence-corrected chi connectivity index (χ0v) is 14.9. The van der Waals surface area contributed by atoms with Gasteiger partial charge in [0, 0.05) is 6.42 Å². The molecule has 0 N–H and O–H groups in total.